The van der Waals surface area contributed by atoms with Crippen LogP contribution in [0.15, 0.2) is 60.7 Å². The molecule has 0 unspecified atom stereocenters. The zero-order chi connectivity index (χ0) is 15.8. The average Bonchev–Trinajstić information content (AvgIpc) is 2.58. The summed E-state index contributed by atoms with van der Waals surface area (Å²) in [7, 11) is 2.89. The van der Waals surface area contributed by atoms with Crippen LogP contribution in [0.1, 0.15) is 21.5 Å². The molecular formula is C19H18O3. The number of rotatable bonds is 5. The maximum absolute atomic E-state index is 11.9. The lowest BCUT2D eigenvalue weighted by Crippen LogP contribution is -2.06. The van der Waals surface area contributed by atoms with Gasteiger partial charge in [-0.3, -0.25) is 0 Å². The summed E-state index contributed by atoms with van der Waals surface area (Å²) in [6.07, 6.45) is 7.66. The molecular weight excluding hydrogens is 276 g/mol. The molecule has 0 amide bonds. The van der Waals surface area contributed by atoms with Crippen LogP contribution in [0.5, 0.6) is 5.75 Å². The molecule has 0 bridgehead atoms. The second kappa shape index (κ2) is 7.84. The highest BCUT2D eigenvalue weighted by Crippen LogP contribution is 2.24. The number of hydrogen-bond donors (Lipinski definition) is 0. The molecule has 112 valence electrons. The Morgan fingerprint density at radius 2 is 1.64 bits per heavy atom. The standard InChI is InChI=1S/C19H18O3/c1-21-17-14-8-13-16(18(17)19(20)22-2)12-7-6-11-15-9-4-3-5-10-15/h3-14H,1-2H3. The normalized spacial score (nSPS) is 11.0. The van der Waals surface area contributed by atoms with Crippen LogP contribution in [0.4, 0.5) is 0 Å². The predicted octanol–water partition coefficient (Wildman–Crippen LogP) is 4.21. The number of ether oxygens (including phenoxy) is 2. The van der Waals surface area contributed by atoms with Gasteiger partial charge in [-0.1, -0.05) is 66.8 Å². The highest BCUT2D eigenvalue weighted by atomic mass is 16.5. The summed E-state index contributed by atoms with van der Waals surface area (Å²) in [6.45, 7) is 0. The molecule has 0 N–H and O–H groups in total. The van der Waals surface area contributed by atoms with E-state index in [9.17, 15) is 4.79 Å². The van der Waals surface area contributed by atoms with Gasteiger partial charge in [0.2, 0.25) is 0 Å². The Morgan fingerprint density at radius 1 is 0.909 bits per heavy atom. The Morgan fingerprint density at radius 3 is 2.32 bits per heavy atom. The van der Waals surface area contributed by atoms with Crippen LogP contribution in [0.25, 0.3) is 12.2 Å². The fraction of sp³-hybridized carbons (Fsp3) is 0.105. The first-order chi connectivity index (χ1) is 10.8. The van der Waals surface area contributed by atoms with Gasteiger partial charge >= 0.3 is 5.97 Å². The third-order valence-electron chi connectivity index (χ3n) is 3.14. The molecule has 0 heterocycles. The fourth-order valence-electron chi connectivity index (χ4n) is 2.07. The van der Waals surface area contributed by atoms with Crippen LogP contribution < -0.4 is 4.74 Å². The monoisotopic (exact) mass is 294 g/mol. The zero-order valence-corrected chi connectivity index (χ0v) is 12.7. The highest BCUT2D eigenvalue weighted by Gasteiger charge is 2.15. The second-order valence-corrected chi connectivity index (χ2v) is 4.54. The van der Waals surface area contributed by atoms with Crippen molar-refractivity contribution in [2.45, 2.75) is 0 Å². The molecule has 22 heavy (non-hydrogen) atoms. The van der Waals surface area contributed by atoms with E-state index in [0.717, 1.165) is 11.1 Å². The molecule has 0 atom stereocenters. The van der Waals surface area contributed by atoms with Crippen molar-refractivity contribution in [3.8, 4) is 5.75 Å². The second-order valence-electron chi connectivity index (χ2n) is 4.54. The Balaban J connectivity index is 2.24. The van der Waals surface area contributed by atoms with Gasteiger partial charge in [0.1, 0.15) is 11.3 Å². The molecule has 0 aromatic heterocycles. The Bertz CT molecular complexity index is 685. The van der Waals surface area contributed by atoms with Gasteiger partial charge in [-0.05, 0) is 17.2 Å². The van der Waals surface area contributed by atoms with Gasteiger partial charge in [-0.15, -0.1) is 0 Å². The molecule has 0 aliphatic rings. The Labute approximate surface area is 130 Å². The van der Waals surface area contributed by atoms with E-state index in [4.69, 9.17) is 9.47 Å². The van der Waals surface area contributed by atoms with E-state index < -0.39 is 5.97 Å². The summed E-state index contributed by atoms with van der Waals surface area (Å²) in [5.74, 6) is 0.0881. The number of esters is 1. The third kappa shape index (κ3) is 3.85. The number of benzene rings is 2. The van der Waals surface area contributed by atoms with E-state index in [-0.39, 0.29) is 0 Å². The minimum atomic E-state index is -0.413. The molecule has 0 aliphatic carbocycles. The summed E-state index contributed by atoms with van der Waals surface area (Å²) in [5, 5.41) is 0. The number of allylic oxidation sites excluding steroid dienone is 2. The molecule has 2 aromatic carbocycles. The smallest absolute Gasteiger partial charge is 0.342 e. The van der Waals surface area contributed by atoms with Crippen LogP contribution in [-0.2, 0) is 4.74 Å². The molecule has 0 aliphatic heterocycles. The molecule has 2 rings (SSSR count). The van der Waals surface area contributed by atoms with Gasteiger partial charge in [-0.25, -0.2) is 4.79 Å². The van der Waals surface area contributed by atoms with E-state index in [0.29, 0.717) is 11.3 Å². The molecule has 3 nitrogen and oxygen atoms in total. The number of hydrogen-bond acceptors (Lipinski definition) is 3. The van der Waals surface area contributed by atoms with E-state index in [2.05, 4.69) is 0 Å². The van der Waals surface area contributed by atoms with Gasteiger partial charge in [0.05, 0.1) is 14.2 Å². The quantitative estimate of drug-likeness (QED) is 0.612. The van der Waals surface area contributed by atoms with E-state index in [1.54, 1.807) is 6.07 Å². The molecule has 0 radical (unpaired) electrons. The van der Waals surface area contributed by atoms with E-state index >= 15 is 0 Å². The number of carbonyl (C=O) groups is 1. The van der Waals surface area contributed by atoms with Gasteiger partial charge in [-0.2, -0.15) is 0 Å². The van der Waals surface area contributed by atoms with Crippen LogP contribution in [-0.4, -0.2) is 20.2 Å². The van der Waals surface area contributed by atoms with Crippen molar-refractivity contribution < 1.29 is 14.3 Å². The first-order valence-corrected chi connectivity index (χ1v) is 6.91. The first kappa shape index (κ1) is 15.6. The van der Waals surface area contributed by atoms with Gasteiger partial charge < -0.3 is 9.47 Å². The van der Waals surface area contributed by atoms with Crippen molar-refractivity contribution in [1.82, 2.24) is 0 Å². The van der Waals surface area contributed by atoms with Crippen molar-refractivity contribution in [3.63, 3.8) is 0 Å². The molecule has 0 spiro atoms. The third-order valence-corrected chi connectivity index (χ3v) is 3.14. The minimum absolute atomic E-state index is 0.413. The Hall–Kier alpha value is -2.81. The SMILES string of the molecule is COC(=O)c1c(C=CC=Cc2ccccc2)cccc1OC. The van der Waals surface area contributed by atoms with Crippen LogP contribution in [0.2, 0.25) is 0 Å². The van der Waals surface area contributed by atoms with Crippen LogP contribution in [0, 0.1) is 0 Å². The predicted molar refractivity (Wildman–Crippen MR) is 88.8 cm³/mol. The summed E-state index contributed by atoms with van der Waals surface area (Å²) in [4.78, 5) is 11.9. The molecule has 2 aromatic rings. The topological polar surface area (TPSA) is 35.5 Å². The van der Waals surface area contributed by atoms with Gasteiger partial charge in [0, 0.05) is 0 Å². The van der Waals surface area contributed by atoms with Crippen molar-refractivity contribution in [1.29, 1.82) is 0 Å². The van der Waals surface area contributed by atoms with Crippen molar-refractivity contribution in [2.24, 2.45) is 0 Å². The fourth-order valence-corrected chi connectivity index (χ4v) is 2.07. The highest BCUT2D eigenvalue weighted by molar-refractivity contribution is 5.96. The first-order valence-electron chi connectivity index (χ1n) is 6.91. The largest absolute Gasteiger partial charge is 0.496 e. The lowest BCUT2D eigenvalue weighted by Gasteiger charge is -2.09. The van der Waals surface area contributed by atoms with E-state index in [1.165, 1.54) is 14.2 Å². The van der Waals surface area contributed by atoms with Gasteiger partial charge in [0.15, 0.2) is 0 Å². The molecule has 0 saturated carbocycles. The maximum Gasteiger partial charge on any atom is 0.342 e. The van der Waals surface area contributed by atoms with Crippen LogP contribution in [0.3, 0.4) is 0 Å². The number of methoxy groups -OCH3 is 2. The summed E-state index contributed by atoms with van der Waals surface area (Å²) in [5.41, 5.74) is 2.30. The summed E-state index contributed by atoms with van der Waals surface area (Å²) in [6, 6.07) is 15.4. The molecule has 3 heteroatoms. The lowest BCUT2D eigenvalue weighted by molar-refractivity contribution is 0.0597. The van der Waals surface area contributed by atoms with Crippen molar-refractivity contribution >= 4 is 18.1 Å². The van der Waals surface area contributed by atoms with Crippen LogP contribution >= 0.6 is 0 Å². The molecule has 0 fully saturated rings. The van der Waals surface area contributed by atoms with Crippen molar-refractivity contribution in [3.05, 3.63) is 77.4 Å². The average molecular weight is 294 g/mol. The van der Waals surface area contributed by atoms with Gasteiger partial charge in [0.25, 0.3) is 0 Å². The summed E-state index contributed by atoms with van der Waals surface area (Å²) >= 11 is 0. The molecule has 0 saturated heterocycles. The zero-order valence-electron chi connectivity index (χ0n) is 12.7. The Kier molecular flexibility index (Phi) is 5.55. The minimum Gasteiger partial charge on any atom is -0.496 e. The summed E-state index contributed by atoms with van der Waals surface area (Å²) < 4.78 is 10.1. The lowest BCUT2D eigenvalue weighted by atomic mass is 10.1. The maximum atomic E-state index is 11.9. The number of carbonyl (C=O) groups excluding carboxylic acids is 1. The van der Waals surface area contributed by atoms with E-state index in [1.807, 2.05) is 66.8 Å². The van der Waals surface area contributed by atoms with Crippen molar-refractivity contribution in [2.75, 3.05) is 14.2 Å².